The Morgan fingerprint density at radius 1 is 1.04 bits per heavy atom. The molecule has 2 aliphatic rings. The van der Waals surface area contributed by atoms with Gasteiger partial charge in [-0.2, -0.15) is 0 Å². The fraction of sp³-hybridized carbons (Fsp3) is 0.217. The third-order valence-electron chi connectivity index (χ3n) is 5.50. The number of pyridine rings is 1. The maximum atomic E-state index is 11.7. The first-order chi connectivity index (χ1) is 12.7. The standard InChI is InChI=1S/C23H19NO2/c25-23(26)21-12-18(15-6-7-15)13-24-22(21)10-14-5-8-20-17(9-14)11-16-3-1-2-4-19(16)20/h1-5,8-9,12-13,15H,6-7,10-11H2,(H,25,26). The predicted octanol–water partition coefficient (Wildman–Crippen LogP) is 4.82. The Bertz CT molecular complexity index is 1030. The van der Waals surface area contributed by atoms with Gasteiger partial charge in [0, 0.05) is 12.6 Å². The van der Waals surface area contributed by atoms with Crippen molar-refractivity contribution in [2.45, 2.75) is 31.6 Å². The lowest BCUT2D eigenvalue weighted by molar-refractivity contribution is 0.0695. The van der Waals surface area contributed by atoms with E-state index in [1.54, 1.807) is 0 Å². The molecule has 26 heavy (non-hydrogen) atoms. The molecule has 0 bridgehead atoms. The van der Waals surface area contributed by atoms with Gasteiger partial charge in [-0.05, 0) is 64.6 Å². The number of carbonyl (C=O) groups is 1. The topological polar surface area (TPSA) is 50.2 Å². The van der Waals surface area contributed by atoms with Crippen molar-refractivity contribution in [2.24, 2.45) is 0 Å². The molecule has 2 aromatic carbocycles. The van der Waals surface area contributed by atoms with Crippen LogP contribution in [0.2, 0.25) is 0 Å². The van der Waals surface area contributed by atoms with E-state index in [4.69, 9.17) is 0 Å². The molecule has 3 nitrogen and oxygen atoms in total. The van der Waals surface area contributed by atoms with Crippen molar-refractivity contribution >= 4 is 5.97 Å². The molecule has 1 heterocycles. The number of fused-ring (bicyclic) bond motifs is 3. The second-order valence-electron chi connectivity index (χ2n) is 7.34. The molecule has 1 aromatic heterocycles. The molecule has 3 aromatic rings. The van der Waals surface area contributed by atoms with Gasteiger partial charge in [-0.25, -0.2) is 4.79 Å². The second kappa shape index (κ2) is 5.80. The lowest BCUT2D eigenvalue weighted by Gasteiger charge is -2.09. The van der Waals surface area contributed by atoms with Crippen LogP contribution in [-0.2, 0) is 12.8 Å². The number of carboxylic acids is 1. The molecule has 0 radical (unpaired) electrons. The highest BCUT2D eigenvalue weighted by Crippen LogP contribution is 2.40. The van der Waals surface area contributed by atoms with E-state index in [0.717, 1.165) is 30.4 Å². The number of carboxylic acid groups (broad SMARTS) is 1. The monoisotopic (exact) mass is 341 g/mol. The largest absolute Gasteiger partial charge is 0.478 e. The van der Waals surface area contributed by atoms with Gasteiger partial charge in [-0.3, -0.25) is 4.98 Å². The highest BCUT2D eigenvalue weighted by molar-refractivity contribution is 5.89. The Labute approximate surface area is 152 Å². The highest BCUT2D eigenvalue weighted by atomic mass is 16.4. The van der Waals surface area contributed by atoms with E-state index in [-0.39, 0.29) is 0 Å². The summed E-state index contributed by atoms with van der Waals surface area (Å²) in [5.41, 5.74) is 8.46. The minimum atomic E-state index is -0.886. The minimum absolute atomic E-state index is 0.346. The zero-order valence-electron chi connectivity index (χ0n) is 14.4. The molecular weight excluding hydrogens is 322 g/mol. The maximum absolute atomic E-state index is 11.7. The fourth-order valence-corrected chi connectivity index (χ4v) is 3.98. The van der Waals surface area contributed by atoms with E-state index in [2.05, 4.69) is 47.4 Å². The first-order valence-electron chi connectivity index (χ1n) is 9.11. The number of hydrogen-bond acceptors (Lipinski definition) is 2. The van der Waals surface area contributed by atoms with Crippen molar-refractivity contribution in [3.8, 4) is 11.1 Å². The molecule has 5 rings (SSSR count). The number of hydrogen-bond donors (Lipinski definition) is 1. The van der Waals surface area contributed by atoms with Crippen molar-refractivity contribution in [3.63, 3.8) is 0 Å². The average molecular weight is 341 g/mol. The predicted molar refractivity (Wildman–Crippen MR) is 101 cm³/mol. The number of benzene rings is 2. The molecule has 0 unspecified atom stereocenters. The van der Waals surface area contributed by atoms with Crippen molar-refractivity contribution < 1.29 is 9.90 Å². The Morgan fingerprint density at radius 3 is 2.65 bits per heavy atom. The molecule has 0 spiro atoms. The van der Waals surface area contributed by atoms with Crippen LogP contribution in [-0.4, -0.2) is 16.1 Å². The summed E-state index contributed by atoms with van der Waals surface area (Å²) in [5, 5.41) is 9.60. The minimum Gasteiger partial charge on any atom is -0.478 e. The Kier molecular flexibility index (Phi) is 3.42. The Hall–Kier alpha value is -2.94. The van der Waals surface area contributed by atoms with Crippen LogP contribution in [0.4, 0.5) is 0 Å². The molecule has 1 saturated carbocycles. The van der Waals surface area contributed by atoms with Crippen LogP contribution in [0, 0.1) is 0 Å². The molecule has 0 saturated heterocycles. The summed E-state index contributed by atoms with van der Waals surface area (Å²) in [6, 6.07) is 16.8. The first-order valence-corrected chi connectivity index (χ1v) is 9.11. The Morgan fingerprint density at radius 2 is 1.85 bits per heavy atom. The second-order valence-corrected chi connectivity index (χ2v) is 7.34. The lowest BCUT2D eigenvalue weighted by atomic mass is 9.98. The molecule has 2 aliphatic carbocycles. The maximum Gasteiger partial charge on any atom is 0.337 e. The number of rotatable bonds is 4. The van der Waals surface area contributed by atoms with Crippen molar-refractivity contribution in [1.82, 2.24) is 4.98 Å². The molecule has 1 N–H and O–H groups in total. The number of aromatic nitrogens is 1. The molecule has 0 atom stereocenters. The molecule has 0 aliphatic heterocycles. The van der Waals surface area contributed by atoms with Crippen LogP contribution >= 0.6 is 0 Å². The first kappa shape index (κ1) is 15.3. The van der Waals surface area contributed by atoms with E-state index in [9.17, 15) is 9.90 Å². The highest BCUT2D eigenvalue weighted by Gasteiger charge is 2.26. The van der Waals surface area contributed by atoms with E-state index in [1.165, 1.54) is 22.3 Å². The molecular formula is C23H19NO2. The average Bonchev–Trinajstić information content (AvgIpc) is 3.42. The van der Waals surface area contributed by atoms with Gasteiger partial charge >= 0.3 is 5.97 Å². The van der Waals surface area contributed by atoms with Crippen LogP contribution in [0.3, 0.4) is 0 Å². The van der Waals surface area contributed by atoms with Crippen LogP contribution in [0.5, 0.6) is 0 Å². The summed E-state index contributed by atoms with van der Waals surface area (Å²) in [5.74, 6) is -0.378. The van der Waals surface area contributed by atoms with Gasteiger partial charge < -0.3 is 5.11 Å². The summed E-state index contributed by atoms with van der Waals surface area (Å²) in [4.78, 5) is 16.2. The van der Waals surface area contributed by atoms with Gasteiger partial charge in [-0.15, -0.1) is 0 Å². The fourth-order valence-electron chi connectivity index (χ4n) is 3.98. The van der Waals surface area contributed by atoms with Gasteiger partial charge in [0.15, 0.2) is 0 Å². The van der Waals surface area contributed by atoms with Crippen molar-refractivity contribution in [3.05, 3.63) is 88.2 Å². The van der Waals surface area contributed by atoms with Gasteiger partial charge in [0.05, 0.1) is 11.3 Å². The normalized spacial score (nSPS) is 14.8. The Balaban J connectivity index is 1.47. The van der Waals surface area contributed by atoms with Crippen LogP contribution in [0.25, 0.3) is 11.1 Å². The van der Waals surface area contributed by atoms with Crippen molar-refractivity contribution in [1.29, 1.82) is 0 Å². The van der Waals surface area contributed by atoms with E-state index in [0.29, 0.717) is 23.6 Å². The summed E-state index contributed by atoms with van der Waals surface area (Å²) in [7, 11) is 0. The SMILES string of the molecule is O=C(O)c1cc(C2CC2)cnc1Cc1ccc2c(c1)Cc1ccccc1-2. The van der Waals surface area contributed by atoms with Gasteiger partial charge in [0.25, 0.3) is 0 Å². The van der Waals surface area contributed by atoms with Gasteiger partial charge in [-0.1, -0.05) is 42.5 Å². The van der Waals surface area contributed by atoms with E-state index < -0.39 is 5.97 Å². The zero-order valence-corrected chi connectivity index (χ0v) is 14.4. The molecule has 0 amide bonds. The summed E-state index contributed by atoms with van der Waals surface area (Å²) >= 11 is 0. The van der Waals surface area contributed by atoms with Crippen LogP contribution in [0.15, 0.2) is 54.7 Å². The third-order valence-corrected chi connectivity index (χ3v) is 5.50. The third kappa shape index (κ3) is 2.60. The lowest BCUT2D eigenvalue weighted by Crippen LogP contribution is -2.07. The smallest absolute Gasteiger partial charge is 0.337 e. The molecule has 1 fully saturated rings. The molecule has 3 heteroatoms. The summed E-state index contributed by atoms with van der Waals surface area (Å²) in [6.07, 6.45) is 5.65. The molecule has 128 valence electrons. The van der Waals surface area contributed by atoms with E-state index in [1.807, 2.05) is 12.3 Å². The zero-order chi connectivity index (χ0) is 17.7. The summed E-state index contributed by atoms with van der Waals surface area (Å²) in [6.45, 7) is 0. The quantitative estimate of drug-likeness (QED) is 0.579. The number of nitrogens with zero attached hydrogens (tertiary/aromatic N) is 1. The van der Waals surface area contributed by atoms with Gasteiger partial charge in [0.1, 0.15) is 0 Å². The van der Waals surface area contributed by atoms with Gasteiger partial charge in [0.2, 0.25) is 0 Å². The number of aromatic carboxylic acids is 1. The van der Waals surface area contributed by atoms with Crippen LogP contribution < -0.4 is 0 Å². The van der Waals surface area contributed by atoms with Crippen LogP contribution in [0.1, 0.15) is 57.1 Å². The van der Waals surface area contributed by atoms with E-state index >= 15 is 0 Å². The summed E-state index contributed by atoms with van der Waals surface area (Å²) < 4.78 is 0. The van der Waals surface area contributed by atoms with Crippen molar-refractivity contribution in [2.75, 3.05) is 0 Å².